The second-order valence-corrected chi connectivity index (χ2v) is 6.11. The summed E-state index contributed by atoms with van der Waals surface area (Å²) in [4.78, 5) is 11.8. The molecule has 0 amide bonds. The number of nitrogens with one attached hydrogen (secondary N) is 1. The summed E-state index contributed by atoms with van der Waals surface area (Å²) in [6, 6.07) is 3.30. The number of ether oxygens (including phenoxy) is 1. The molecule has 1 aliphatic rings. The van der Waals surface area contributed by atoms with Gasteiger partial charge in [-0.1, -0.05) is 0 Å². The lowest BCUT2D eigenvalue weighted by atomic mass is 9.90. The van der Waals surface area contributed by atoms with Gasteiger partial charge < -0.3 is 4.74 Å². The van der Waals surface area contributed by atoms with Gasteiger partial charge in [-0.3, -0.25) is 9.52 Å². The van der Waals surface area contributed by atoms with E-state index in [2.05, 4.69) is 4.72 Å². The van der Waals surface area contributed by atoms with Gasteiger partial charge in [0.1, 0.15) is 5.75 Å². The first-order chi connectivity index (χ1) is 8.40. The summed E-state index contributed by atoms with van der Waals surface area (Å²) in [5, 5.41) is 0. The molecule has 0 atom stereocenters. The molecule has 0 aromatic heterocycles. The fourth-order valence-corrected chi connectivity index (χ4v) is 2.67. The number of fused-ring (bicyclic) bond motifs is 1. The number of carbonyl (C=O) groups excluding carboxylic acids is 1. The van der Waals surface area contributed by atoms with E-state index in [0.29, 0.717) is 23.4 Å². The lowest BCUT2D eigenvalue weighted by Crippen LogP contribution is -2.15. The molecule has 98 valence electrons. The lowest BCUT2D eigenvalue weighted by molar-refractivity contribution is 0.0972. The van der Waals surface area contributed by atoms with Crippen LogP contribution in [0.2, 0.25) is 0 Å². The predicted octanol–water partition coefficient (Wildman–Crippen LogP) is 1.59. The number of anilines is 1. The van der Waals surface area contributed by atoms with E-state index in [4.69, 9.17) is 4.74 Å². The molecule has 1 N–H and O–H groups in total. The second kappa shape index (κ2) is 4.61. The number of methoxy groups -OCH3 is 1. The predicted molar refractivity (Wildman–Crippen MR) is 68.7 cm³/mol. The summed E-state index contributed by atoms with van der Waals surface area (Å²) in [5.74, 6) is 0.454. The molecule has 0 radical (unpaired) electrons. The number of hydrogen-bond donors (Lipinski definition) is 1. The Morgan fingerprint density at radius 1 is 1.28 bits per heavy atom. The monoisotopic (exact) mass is 269 g/mol. The minimum atomic E-state index is -3.36. The Balaban J connectivity index is 2.51. The van der Waals surface area contributed by atoms with Crippen LogP contribution < -0.4 is 9.46 Å². The molecule has 2 rings (SSSR count). The molecule has 0 spiro atoms. The van der Waals surface area contributed by atoms with Crippen molar-refractivity contribution in [3.05, 3.63) is 23.3 Å². The molecule has 6 heteroatoms. The van der Waals surface area contributed by atoms with E-state index in [1.165, 1.54) is 7.11 Å². The standard InChI is InChI=1S/C12H15NO4S/c1-17-12-7-9-8(4-3-5-11(9)14)6-10(12)13-18(2,15)16/h6-7,13H,3-5H2,1-2H3. The van der Waals surface area contributed by atoms with Crippen LogP contribution in [0.4, 0.5) is 5.69 Å². The van der Waals surface area contributed by atoms with Crippen LogP contribution in [-0.4, -0.2) is 27.6 Å². The molecule has 0 fully saturated rings. The Morgan fingerprint density at radius 3 is 2.61 bits per heavy atom. The van der Waals surface area contributed by atoms with Gasteiger partial charge in [-0.05, 0) is 30.5 Å². The highest BCUT2D eigenvalue weighted by Crippen LogP contribution is 2.32. The van der Waals surface area contributed by atoms with Gasteiger partial charge in [-0.25, -0.2) is 8.42 Å². The number of hydrogen-bond acceptors (Lipinski definition) is 4. The minimum Gasteiger partial charge on any atom is -0.495 e. The summed E-state index contributed by atoms with van der Waals surface area (Å²) in [6.45, 7) is 0. The zero-order valence-corrected chi connectivity index (χ0v) is 11.1. The van der Waals surface area contributed by atoms with Crippen molar-refractivity contribution in [2.24, 2.45) is 0 Å². The zero-order valence-electron chi connectivity index (χ0n) is 10.3. The number of Topliss-reactive ketones (excluding diaryl/α,β-unsaturated/α-hetero) is 1. The first-order valence-corrected chi connectivity index (χ1v) is 7.52. The number of rotatable bonds is 3. The van der Waals surface area contributed by atoms with E-state index >= 15 is 0 Å². The molecule has 0 saturated heterocycles. The molecule has 1 aliphatic carbocycles. The smallest absolute Gasteiger partial charge is 0.229 e. The summed E-state index contributed by atoms with van der Waals surface area (Å²) in [6.07, 6.45) is 3.20. The van der Waals surface area contributed by atoms with E-state index in [1.54, 1.807) is 12.1 Å². The maximum absolute atomic E-state index is 11.8. The van der Waals surface area contributed by atoms with Gasteiger partial charge in [0.25, 0.3) is 0 Å². The molecule has 1 aromatic rings. The maximum Gasteiger partial charge on any atom is 0.229 e. The lowest BCUT2D eigenvalue weighted by Gasteiger charge is -2.18. The van der Waals surface area contributed by atoms with E-state index in [-0.39, 0.29) is 5.78 Å². The average molecular weight is 269 g/mol. The van der Waals surface area contributed by atoms with Crippen LogP contribution in [0.25, 0.3) is 0 Å². The van der Waals surface area contributed by atoms with Crippen LogP contribution in [0.5, 0.6) is 5.75 Å². The average Bonchev–Trinajstić information content (AvgIpc) is 2.26. The van der Waals surface area contributed by atoms with Crippen molar-refractivity contribution >= 4 is 21.5 Å². The molecule has 5 nitrogen and oxygen atoms in total. The molecule has 0 aliphatic heterocycles. The third kappa shape index (κ3) is 2.64. The van der Waals surface area contributed by atoms with Crippen LogP contribution in [0.15, 0.2) is 12.1 Å². The highest BCUT2D eigenvalue weighted by atomic mass is 32.2. The van der Waals surface area contributed by atoms with Crippen molar-refractivity contribution in [1.29, 1.82) is 0 Å². The van der Waals surface area contributed by atoms with Crippen molar-refractivity contribution in [3.63, 3.8) is 0 Å². The summed E-state index contributed by atoms with van der Waals surface area (Å²) in [7, 11) is -1.92. The Kier molecular flexibility index (Phi) is 3.30. The van der Waals surface area contributed by atoms with Crippen molar-refractivity contribution in [1.82, 2.24) is 0 Å². The first kappa shape index (κ1) is 12.9. The zero-order chi connectivity index (χ0) is 13.3. The van der Waals surface area contributed by atoms with Gasteiger partial charge >= 0.3 is 0 Å². The molecule has 18 heavy (non-hydrogen) atoms. The van der Waals surface area contributed by atoms with E-state index in [0.717, 1.165) is 24.7 Å². The number of benzene rings is 1. The molecular formula is C12H15NO4S. The second-order valence-electron chi connectivity index (χ2n) is 4.36. The van der Waals surface area contributed by atoms with Gasteiger partial charge in [0.15, 0.2) is 5.78 Å². The molecular weight excluding hydrogens is 254 g/mol. The van der Waals surface area contributed by atoms with Crippen LogP contribution in [0, 0.1) is 0 Å². The van der Waals surface area contributed by atoms with Gasteiger partial charge in [0, 0.05) is 12.0 Å². The normalized spacial score (nSPS) is 15.1. The molecule has 0 unspecified atom stereocenters. The van der Waals surface area contributed by atoms with Crippen LogP contribution in [0.1, 0.15) is 28.8 Å². The number of ketones is 1. The summed E-state index contributed by atoms with van der Waals surface area (Å²) < 4.78 is 30.1. The number of carbonyl (C=O) groups is 1. The van der Waals surface area contributed by atoms with Crippen LogP contribution in [-0.2, 0) is 16.4 Å². The Morgan fingerprint density at radius 2 is 2.00 bits per heavy atom. The van der Waals surface area contributed by atoms with Gasteiger partial charge in [0.05, 0.1) is 19.1 Å². The Labute approximate surface area is 106 Å². The largest absolute Gasteiger partial charge is 0.495 e. The van der Waals surface area contributed by atoms with Crippen molar-refractivity contribution in [2.45, 2.75) is 19.3 Å². The van der Waals surface area contributed by atoms with Crippen molar-refractivity contribution < 1.29 is 17.9 Å². The third-order valence-electron chi connectivity index (χ3n) is 2.87. The molecule has 0 saturated carbocycles. The van der Waals surface area contributed by atoms with Gasteiger partial charge in [-0.15, -0.1) is 0 Å². The highest BCUT2D eigenvalue weighted by molar-refractivity contribution is 7.92. The fourth-order valence-electron chi connectivity index (χ4n) is 2.11. The highest BCUT2D eigenvalue weighted by Gasteiger charge is 2.20. The molecule has 1 aromatic carbocycles. The molecule has 0 bridgehead atoms. The van der Waals surface area contributed by atoms with Gasteiger partial charge in [-0.2, -0.15) is 0 Å². The van der Waals surface area contributed by atoms with Gasteiger partial charge in [0.2, 0.25) is 10.0 Å². The minimum absolute atomic E-state index is 0.0838. The maximum atomic E-state index is 11.8. The molecule has 0 heterocycles. The van der Waals surface area contributed by atoms with Crippen molar-refractivity contribution in [2.75, 3.05) is 18.1 Å². The van der Waals surface area contributed by atoms with Crippen molar-refractivity contribution in [3.8, 4) is 5.75 Å². The Hall–Kier alpha value is -1.56. The number of aryl methyl sites for hydroxylation is 1. The van der Waals surface area contributed by atoms with Crippen LogP contribution >= 0.6 is 0 Å². The first-order valence-electron chi connectivity index (χ1n) is 5.62. The third-order valence-corrected chi connectivity index (χ3v) is 3.46. The summed E-state index contributed by atoms with van der Waals surface area (Å²) in [5.41, 5.74) is 1.89. The van der Waals surface area contributed by atoms with Crippen LogP contribution in [0.3, 0.4) is 0 Å². The topological polar surface area (TPSA) is 72.5 Å². The van der Waals surface area contributed by atoms with E-state index in [9.17, 15) is 13.2 Å². The Bertz CT molecular complexity index is 592. The number of sulfonamides is 1. The SMILES string of the molecule is COc1cc2c(cc1NS(C)(=O)=O)CCCC2=O. The quantitative estimate of drug-likeness (QED) is 0.904. The van der Waals surface area contributed by atoms with E-state index in [1.807, 2.05) is 0 Å². The van der Waals surface area contributed by atoms with E-state index < -0.39 is 10.0 Å². The fraction of sp³-hybridized carbons (Fsp3) is 0.417. The summed E-state index contributed by atoms with van der Waals surface area (Å²) >= 11 is 0.